The van der Waals surface area contributed by atoms with Crippen molar-refractivity contribution in [3.05, 3.63) is 72.2 Å². The molecule has 7 nitrogen and oxygen atoms in total. The van der Waals surface area contributed by atoms with E-state index in [1.807, 2.05) is 30.3 Å². The summed E-state index contributed by atoms with van der Waals surface area (Å²) in [7, 11) is -3.76. The van der Waals surface area contributed by atoms with Gasteiger partial charge < -0.3 is 5.32 Å². The third-order valence-corrected chi connectivity index (χ3v) is 7.32. The number of hydrogen-bond acceptors (Lipinski definition) is 4. The molecule has 0 saturated carbocycles. The minimum absolute atomic E-state index is 0.0346. The minimum atomic E-state index is -3.76. The van der Waals surface area contributed by atoms with E-state index in [2.05, 4.69) is 15.5 Å². The average molecular weight is 443 g/mol. The summed E-state index contributed by atoms with van der Waals surface area (Å²) in [6, 6.07) is 14.4. The van der Waals surface area contributed by atoms with Crippen molar-refractivity contribution < 1.29 is 17.6 Å². The monoisotopic (exact) mass is 442 g/mol. The van der Waals surface area contributed by atoms with E-state index >= 15 is 0 Å². The number of H-pyrrole nitrogens is 1. The summed E-state index contributed by atoms with van der Waals surface area (Å²) >= 11 is 0. The predicted molar refractivity (Wildman–Crippen MR) is 114 cm³/mol. The number of carbonyl (C=O) groups excluding carboxylic acids is 1. The van der Waals surface area contributed by atoms with Gasteiger partial charge >= 0.3 is 0 Å². The molecular formula is C22H23FN4O3S. The fourth-order valence-corrected chi connectivity index (χ4v) is 5.21. The lowest BCUT2D eigenvalue weighted by atomic mass is 9.98. The highest BCUT2D eigenvalue weighted by Gasteiger charge is 2.33. The molecule has 1 aliphatic rings. The van der Waals surface area contributed by atoms with Gasteiger partial charge in [-0.3, -0.25) is 9.89 Å². The van der Waals surface area contributed by atoms with Crippen LogP contribution >= 0.6 is 0 Å². The number of nitrogens with zero attached hydrogens (tertiary/aromatic N) is 2. The standard InChI is InChI=1S/C22H23FN4O3S/c23-19-7-9-20(10-8-19)31(29,30)27-13-1-2-18(15-27)22(28)24-14-16-3-5-17(6-4-16)21-11-12-25-26-21/h3-12,18H,1-2,13-15H2,(H,24,28)(H,25,26). The van der Waals surface area contributed by atoms with Crippen LogP contribution in [0.25, 0.3) is 11.3 Å². The van der Waals surface area contributed by atoms with Crippen LogP contribution in [0.2, 0.25) is 0 Å². The molecule has 1 aliphatic heterocycles. The van der Waals surface area contributed by atoms with Crippen molar-refractivity contribution in [1.29, 1.82) is 0 Å². The second kappa shape index (κ2) is 8.99. The van der Waals surface area contributed by atoms with Gasteiger partial charge in [-0.05, 0) is 54.3 Å². The lowest BCUT2D eigenvalue weighted by Crippen LogP contribution is -2.45. The van der Waals surface area contributed by atoms with Gasteiger partial charge in [0.2, 0.25) is 15.9 Å². The zero-order valence-electron chi connectivity index (χ0n) is 16.8. The third-order valence-electron chi connectivity index (χ3n) is 5.44. The quantitative estimate of drug-likeness (QED) is 0.614. The summed E-state index contributed by atoms with van der Waals surface area (Å²) in [5, 5.41) is 9.75. The van der Waals surface area contributed by atoms with E-state index in [4.69, 9.17) is 0 Å². The first-order valence-corrected chi connectivity index (χ1v) is 11.5. The van der Waals surface area contributed by atoms with Crippen molar-refractivity contribution in [2.75, 3.05) is 13.1 Å². The Bertz CT molecular complexity index is 1130. The molecule has 0 bridgehead atoms. The maximum Gasteiger partial charge on any atom is 0.243 e. The molecule has 162 valence electrons. The summed E-state index contributed by atoms with van der Waals surface area (Å²) in [5.41, 5.74) is 2.87. The van der Waals surface area contributed by atoms with Crippen molar-refractivity contribution in [3.63, 3.8) is 0 Å². The summed E-state index contributed by atoms with van der Waals surface area (Å²) in [4.78, 5) is 12.7. The van der Waals surface area contributed by atoms with E-state index in [1.165, 1.54) is 16.4 Å². The third kappa shape index (κ3) is 4.83. The Kier molecular flexibility index (Phi) is 6.15. The second-order valence-electron chi connectivity index (χ2n) is 7.54. The smallest absolute Gasteiger partial charge is 0.243 e. The number of rotatable bonds is 6. The molecule has 0 spiro atoms. The fourth-order valence-electron chi connectivity index (χ4n) is 3.68. The van der Waals surface area contributed by atoms with Gasteiger partial charge in [0.25, 0.3) is 0 Å². The van der Waals surface area contributed by atoms with Crippen LogP contribution in [-0.4, -0.2) is 41.9 Å². The molecule has 4 rings (SSSR count). The Morgan fingerprint density at radius 2 is 1.87 bits per heavy atom. The van der Waals surface area contributed by atoms with E-state index in [1.54, 1.807) is 6.20 Å². The van der Waals surface area contributed by atoms with Gasteiger partial charge in [-0.1, -0.05) is 24.3 Å². The second-order valence-corrected chi connectivity index (χ2v) is 9.48. The van der Waals surface area contributed by atoms with Crippen molar-refractivity contribution in [2.24, 2.45) is 5.92 Å². The van der Waals surface area contributed by atoms with Crippen LogP contribution in [0.1, 0.15) is 18.4 Å². The maximum absolute atomic E-state index is 13.1. The van der Waals surface area contributed by atoms with Crippen molar-refractivity contribution in [1.82, 2.24) is 19.8 Å². The van der Waals surface area contributed by atoms with Gasteiger partial charge in [0.1, 0.15) is 5.82 Å². The van der Waals surface area contributed by atoms with E-state index in [0.717, 1.165) is 29.0 Å². The lowest BCUT2D eigenvalue weighted by molar-refractivity contribution is -0.126. The van der Waals surface area contributed by atoms with E-state index in [9.17, 15) is 17.6 Å². The fraction of sp³-hybridized carbons (Fsp3) is 0.273. The van der Waals surface area contributed by atoms with Crippen molar-refractivity contribution in [3.8, 4) is 11.3 Å². The molecule has 0 radical (unpaired) electrons. The molecule has 1 atom stereocenters. The number of halogens is 1. The van der Waals surface area contributed by atoms with Crippen LogP contribution in [-0.2, 0) is 21.4 Å². The van der Waals surface area contributed by atoms with Crippen LogP contribution in [0.5, 0.6) is 0 Å². The van der Waals surface area contributed by atoms with Crippen LogP contribution in [0.15, 0.2) is 65.7 Å². The zero-order valence-corrected chi connectivity index (χ0v) is 17.6. The number of nitrogens with one attached hydrogen (secondary N) is 2. The van der Waals surface area contributed by atoms with Gasteiger partial charge in [-0.15, -0.1) is 0 Å². The number of aromatic amines is 1. The van der Waals surface area contributed by atoms with Crippen molar-refractivity contribution >= 4 is 15.9 Å². The molecule has 2 aromatic carbocycles. The van der Waals surface area contributed by atoms with Crippen LogP contribution < -0.4 is 5.32 Å². The highest BCUT2D eigenvalue weighted by molar-refractivity contribution is 7.89. The van der Waals surface area contributed by atoms with Crippen LogP contribution in [0.3, 0.4) is 0 Å². The van der Waals surface area contributed by atoms with E-state index in [-0.39, 0.29) is 17.3 Å². The number of carbonyl (C=O) groups is 1. The normalized spacial score (nSPS) is 17.4. The minimum Gasteiger partial charge on any atom is -0.352 e. The Balaban J connectivity index is 1.36. The van der Waals surface area contributed by atoms with Gasteiger partial charge in [0, 0.05) is 25.8 Å². The Labute approximate surface area is 180 Å². The summed E-state index contributed by atoms with van der Waals surface area (Å²) in [6.07, 6.45) is 2.91. The SMILES string of the molecule is O=C(NCc1ccc(-c2ccn[nH]2)cc1)C1CCCN(S(=O)(=O)c2ccc(F)cc2)C1. The molecule has 2 N–H and O–H groups in total. The van der Waals surface area contributed by atoms with Crippen LogP contribution in [0, 0.1) is 11.7 Å². The molecule has 2 heterocycles. The maximum atomic E-state index is 13.1. The summed E-state index contributed by atoms with van der Waals surface area (Å²) in [5.74, 6) is -1.09. The molecule has 31 heavy (non-hydrogen) atoms. The highest BCUT2D eigenvalue weighted by atomic mass is 32.2. The molecule has 1 fully saturated rings. The Morgan fingerprint density at radius 3 is 2.55 bits per heavy atom. The van der Waals surface area contributed by atoms with E-state index in [0.29, 0.717) is 25.9 Å². The first kappa shape index (κ1) is 21.2. The topological polar surface area (TPSA) is 95.2 Å². The molecule has 0 aliphatic carbocycles. The number of sulfonamides is 1. The first-order chi connectivity index (χ1) is 14.9. The molecule has 1 amide bonds. The van der Waals surface area contributed by atoms with E-state index < -0.39 is 21.8 Å². The molecule has 3 aromatic rings. The van der Waals surface area contributed by atoms with Gasteiger partial charge in [-0.2, -0.15) is 9.40 Å². The lowest BCUT2D eigenvalue weighted by Gasteiger charge is -2.31. The predicted octanol–water partition coefficient (Wildman–Crippen LogP) is 2.93. The average Bonchev–Trinajstić information content (AvgIpc) is 3.33. The highest BCUT2D eigenvalue weighted by Crippen LogP contribution is 2.24. The van der Waals surface area contributed by atoms with Crippen molar-refractivity contribution in [2.45, 2.75) is 24.3 Å². The number of hydrogen-bond donors (Lipinski definition) is 2. The van der Waals surface area contributed by atoms with Gasteiger partial charge in [0.05, 0.1) is 16.5 Å². The zero-order chi connectivity index (χ0) is 21.8. The summed E-state index contributed by atoms with van der Waals surface area (Å²) in [6.45, 7) is 0.826. The number of piperidine rings is 1. The van der Waals surface area contributed by atoms with Crippen LogP contribution in [0.4, 0.5) is 4.39 Å². The van der Waals surface area contributed by atoms with Gasteiger partial charge in [0.15, 0.2) is 0 Å². The molecular weight excluding hydrogens is 419 g/mol. The Morgan fingerprint density at radius 1 is 1.13 bits per heavy atom. The number of aromatic nitrogens is 2. The summed E-state index contributed by atoms with van der Waals surface area (Å²) < 4.78 is 40.1. The largest absolute Gasteiger partial charge is 0.352 e. The van der Waals surface area contributed by atoms with Gasteiger partial charge in [-0.25, -0.2) is 12.8 Å². The first-order valence-electron chi connectivity index (χ1n) is 10.1. The Hall–Kier alpha value is -3.04. The number of amides is 1. The molecule has 1 saturated heterocycles. The molecule has 1 unspecified atom stereocenters. The molecule has 1 aromatic heterocycles. The number of benzene rings is 2. The molecule has 9 heteroatoms.